The molecule has 1 aromatic rings. The molecular formula is C11H15ClFIN2O. The molecule has 3 nitrogen and oxygen atoms in total. The first-order valence-electron chi connectivity index (χ1n) is 4.83. The Kier molecular flexibility index (Phi) is 6.36. The summed E-state index contributed by atoms with van der Waals surface area (Å²) in [6.45, 7) is 4.01. The maximum Gasteiger partial charge on any atom is 0.252 e. The van der Waals surface area contributed by atoms with Gasteiger partial charge in [-0.1, -0.05) is 0 Å². The minimum Gasteiger partial charge on any atom is -0.346 e. The summed E-state index contributed by atoms with van der Waals surface area (Å²) >= 11 is 1.93. The van der Waals surface area contributed by atoms with Gasteiger partial charge in [0, 0.05) is 15.7 Å². The third-order valence-corrected chi connectivity index (χ3v) is 3.03. The van der Waals surface area contributed by atoms with E-state index in [2.05, 4.69) is 5.32 Å². The molecule has 0 atom stereocenters. The lowest BCUT2D eigenvalue weighted by Gasteiger charge is -2.24. The molecule has 96 valence electrons. The van der Waals surface area contributed by atoms with E-state index in [1.165, 1.54) is 18.2 Å². The Hall–Kier alpha value is -0.400. The average molecular weight is 373 g/mol. The van der Waals surface area contributed by atoms with Crippen LogP contribution in [0.15, 0.2) is 18.2 Å². The second kappa shape index (κ2) is 6.51. The molecule has 0 spiro atoms. The molecule has 3 N–H and O–H groups in total. The van der Waals surface area contributed by atoms with Crippen molar-refractivity contribution in [1.82, 2.24) is 5.32 Å². The van der Waals surface area contributed by atoms with E-state index in [1.807, 2.05) is 36.4 Å². The zero-order valence-corrected chi connectivity index (χ0v) is 12.6. The lowest BCUT2D eigenvalue weighted by Crippen LogP contribution is -2.49. The standard InChI is InChI=1S/C11H14FIN2O.ClH/c1-11(2,6-14)15-10(16)8-4-3-7(12)5-9(8)13;/h3-5H,6,14H2,1-2H3,(H,15,16);1H. The highest BCUT2D eigenvalue weighted by Crippen LogP contribution is 2.14. The van der Waals surface area contributed by atoms with Crippen molar-refractivity contribution >= 4 is 40.9 Å². The van der Waals surface area contributed by atoms with Crippen LogP contribution in [0.1, 0.15) is 24.2 Å². The lowest BCUT2D eigenvalue weighted by atomic mass is 10.1. The maximum atomic E-state index is 12.9. The molecule has 0 fully saturated rings. The van der Waals surface area contributed by atoms with Gasteiger partial charge in [0.05, 0.1) is 5.56 Å². The molecule has 1 aromatic carbocycles. The van der Waals surface area contributed by atoms with E-state index in [0.717, 1.165) is 0 Å². The van der Waals surface area contributed by atoms with E-state index >= 15 is 0 Å². The average Bonchev–Trinajstić information content (AvgIpc) is 2.16. The molecule has 0 aliphatic carbocycles. The summed E-state index contributed by atoms with van der Waals surface area (Å²) in [4.78, 5) is 11.9. The van der Waals surface area contributed by atoms with Crippen LogP contribution in [0.5, 0.6) is 0 Å². The Bertz CT molecular complexity index is 412. The van der Waals surface area contributed by atoms with Crippen LogP contribution in [0, 0.1) is 9.39 Å². The Balaban J connectivity index is 0.00000256. The van der Waals surface area contributed by atoms with Crippen LogP contribution < -0.4 is 11.1 Å². The molecule has 0 bridgehead atoms. The molecule has 1 rings (SSSR count). The van der Waals surface area contributed by atoms with Crippen LogP contribution in [0.2, 0.25) is 0 Å². The highest BCUT2D eigenvalue weighted by molar-refractivity contribution is 14.1. The van der Waals surface area contributed by atoms with Crippen molar-refractivity contribution in [2.75, 3.05) is 6.54 Å². The predicted molar refractivity (Wildman–Crippen MR) is 77.0 cm³/mol. The summed E-state index contributed by atoms with van der Waals surface area (Å²) < 4.78 is 13.4. The summed E-state index contributed by atoms with van der Waals surface area (Å²) in [5.74, 6) is -0.584. The number of benzene rings is 1. The number of nitrogens with two attached hydrogens (primary N) is 1. The van der Waals surface area contributed by atoms with E-state index < -0.39 is 5.54 Å². The smallest absolute Gasteiger partial charge is 0.252 e. The minimum atomic E-state index is -0.464. The van der Waals surface area contributed by atoms with Gasteiger partial charge in [-0.05, 0) is 54.6 Å². The van der Waals surface area contributed by atoms with E-state index in [9.17, 15) is 9.18 Å². The normalized spacial score (nSPS) is 10.6. The Morgan fingerprint density at radius 2 is 2.12 bits per heavy atom. The van der Waals surface area contributed by atoms with Crippen LogP contribution >= 0.6 is 35.0 Å². The Labute approximate surface area is 120 Å². The van der Waals surface area contributed by atoms with Crippen LogP contribution in [0.25, 0.3) is 0 Å². The van der Waals surface area contributed by atoms with Crippen LogP contribution in [0.3, 0.4) is 0 Å². The molecule has 0 saturated heterocycles. The fourth-order valence-corrected chi connectivity index (χ4v) is 1.82. The molecule has 0 aromatic heterocycles. The molecular weight excluding hydrogens is 357 g/mol. The molecule has 6 heteroatoms. The Morgan fingerprint density at radius 3 is 2.59 bits per heavy atom. The van der Waals surface area contributed by atoms with Crippen molar-refractivity contribution in [2.45, 2.75) is 19.4 Å². The van der Waals surface area contributed by atoms with Gasteiger partial charge in [-0.3, -0.25) is 4.79 Å². The molecule has 1 amide bonds. The summed E-state index contributed by atoms with van der Waals surface area (Å²) in [7, 11) is 0. The van der Waals surface area contributed by atoms with Gasteiger partial charge in [-0.25, -0.2) is 4.39 Å². The number of hydrogen-bond donors (Lipinski definition) is 2. The van der Waals surface area contributed by atoms with Crippen molar-refractivity contribution in [2.24, 2.45) is 5.73 Å². The lowest BCUT2D eigenvalue weighted by molar-refractivity contribution is 0.0915. The van der Waals surface area contributed by atoms with Gasteiger partial charge >= 0.3 is 0 Å². The zero-order chi connectivity index (χ0) is 12.3. The van der Waals surface area contributed by atoms with Crippen molar-refractivity contribution in [3.8, 4) is 0 Å². The number of carbonyl (C=O) groups excluding carboxylic acids is 1. The second-order valence-electron chi connectivity index (χ2n) is 4.17. The summed E-state index contributed by atoms with van der Waals surface area (Å²) in [5, 5.41) is 2.79. The van der Waals surface area contributed by atoms with Gasteiger partial charge < -0.3 is 11.1 Å². The minimum absolute atomic E-state index is 0. The zero-order valence-electron chi connectivity index (χ0n) is 9.59. The number of halogens is 3. The van der Waals surface area contributed by atoms with E-state index in [-0.39, 0.29) is 24.1 Å². The summed E-state index contributed by atoms with van der Waals surface area (Å²) in [6.07, 6.45) is 0. The molecule has 17 heavy (non-hydrogen) atoms. The highest BCUT2D eigenvalue weighted by Gasteiger charge is 2.20. The monoisotopic (exact) mass is 372 g/mol. The van der Waals surface area contributed by atoms with Crippen molar-refractivity contribution in [1.29, 1.82) is 0 Å². The second-order valence-corrected chi connectivity index (χ2v) is 5.33. The third kappa shape index (κ3) is 4.77. The maximum absolute atomic E-state index is 12.9. The van der Waals surface area contributed by atoms with Gasteiger partial charge in [-0.15, -0.1) is 12.4 Å². The van der Waals surface area contributed by atoms with E-state index in [1.54, 1.807) is 0 Å². The van der Waals surface area contributed by atoms with Crippen molar-refractivity contribution in [3.05, 3.63) is 33.1 Å². The largest absolute Gasteiger partial charge is 0.346 e. The van der Waals surface area contributed by atoms with Gasteiger partial charge in [0.25, 0.3) is 5.91 Å². The molecule has 0 radical (unpaired) electrons. The Morgan fingerprint density at radius 1 is 1.53 bits per heavy atom. The summed E-state index contributed by atoms with van der Waals surface area (Å²) in [6, 6.07) is 4.07. The third-order valence-electron chi connectivity index (χ3n) is 2.14. The van der Waals surface area contributed by atoms with E-state index in [0.29, 0.717) is 15.7 Å². The number of hydrogen-bond acceptors (Lipinski definition) is 2. The van der Waals surface area contributed by atoms with Crippen LogP contribution in [0.4, 0.5) is 4.39 Å². The first-order chi connectivity index (χ1) is 7.35. The summed E-state index contributed by atoms with van der Waals surface area (Å²) in [5.41, 5.74) is 5.52. The van der Waals surface area contributed by atoms with Crippen LogP contribution in [-0.2, 0) is 0 Å². The number of nitrogens with one attached hydrogen (secondary N) is 1. The number of carbonyl (C=O) groups is 1. The number of rotatable bonds is 3. The van der Waals surface area contributed by atoms with Gasteiger partial charge in [0.1, 0.15) is 5.82 Å². The molecule has 0 unspecified atom stereocenters. The van der Waals surface area contributed by atoms with E-state index in [4.69, 9.17) is 5.73 Å². The van der Waals surface area contributed by atoms with Crippen LogP contribution in [-0.4, -0.2) is 18.0 Å². The van der Waals surface area contributed by atoms with Gasteiger partial charge in [0.15, 0.2) is 0 Å². The number of amides is 1. The fourth-order valence-electron chi connectivity index (χ4n) is 1.10. The van der Waals surface area contributed by atoms with Gasteiger partial charge in [-0.2, -0.15) is 0 Å². The highest BCUT2D eigenvalue weighted by atomic mass is 127. The first kappa shape index (κ1) is 16.6. The molecule has 0 saturated carbocycles. The SMILES string of the molecule is CC(C)(CN)NC(=O)c1ccc(F)cc1I.Cl. The fraction of sp³-hybridized carbons (Fsp3) is 0.364. The van der Waals surface area contributed by atoms with Crippen molar-refractivity contribution in [3.63, 3.8) is 0 Å². The predicted octanol–water partition coefficient (Wildman–Crippen LogP) is 2.32. The quantitative estimate of drug-likeness (QED) is 0.800. The molecule has 0 aliphatic heterocycles. The molecule has 0 heterocycles. The van der Waals surface area contributed by atoms with Gasteiger partial charge in [0.2, 0.25) is 0 Å². The molecule has 0 aliphatic rings. The topological polar surface area (TPSA) is 55.1 Å². The first-order valence-corrected chi connectivity index (χ1v) is 5.91. The van der Waals surface area contributed by atoms with Crippen molar-refractivity contribution < 1.29 is 9.18 Å².